The molecule has 1 aromatic carbocycles. The maximum atomic E-state index is 12.5. The van der Waals surface area contributed by atoms with Gasteiger partial charge in [0.25, 0.3) is 5.91 Å². The van der Waals surface area contributed by atoms with Gasteiger partial charge >= 0.3 is 5.97 Å². The van der Waals surface area contributed by atoms with E-state index in [2.05, 4.69) is 0 Å². The molecular weight excluding hydrogens is 290 g/mol. The molecule has 120 valence electrons. The van der Waals surface area contributed by atoms with Crippen LogP contribution in [0.3, 0.4) is 0 Å². The van der Waals surface area contributed by atoms with E-state index in [0.717, 1.165) is 0 Å². The van der Waals surface area contributed by atoms with Gasteiger partial charge in [-0.1, -0.05) is 0 Å². The fourth-order valence-electron chi connectivity index (χ4n) is 2.20. The first-order valence-corrected chi connectivity index (χ1v) is 6.88. The quantitative estimate of drug-likeness (QED) is 0.612. The Labute approximate surface area is 128 Å². The van der Waals surface area contributed by atoms with Crippen LogP contribution in [0.1, 0.15) is 17.3 Å². The lowest BCUT2D eigenvalue weighted by Gasteiger charge is -2.27. The second-order valence-electron chi connectivity index (χ2n) is 4.71. The minimum absolute atomic E-state index is 0.144. The van der Waals surface area contributed by atoms with Crippen LogP contribution >= 0.6 is 0 Å². The Morgan fingerprint density at radius 3 is 2.09 bits per heavy atom. The molecule has 1 aliphatic rings. The first-order valence-electron chi connectivity index (χ1n) is 6.88. The molecule has 2 rings (SSSR count). The average Bonchev–Trinajstić information content (AvgIpc) is 2.54. The SMILES string of the molecule is COc1cc(C(=O)N2CCOCC2)cc(OC)c1OC(C)=O. The van der Waals surface area contributed by atoms with Crippen molar-refractivity contribution in [2.45, 2.75) is 6.92 Å². The van der Waals surface area contributed by atoms with E-state index in [0.29, 0.717) is 31.9 Å². The van der Waals surface area contributed by atoms with Crippen molar-refractivity contribution in [3.05, 3.63) is 17.7 Å². The highest BCUT2D eigenvalue weighted by Gasteiger charge is 2.23. The number of carbonyl (C=O) groups excluding carboxylic acids is 2. The molecule has 0 aliphatic carbocycles. The lowest BCUT2D eigenvalue weighted by Crippen LogP contribution is -2.40. The molecule has 0 atom stereocenters. The zero-order valence-corrected chi connectivity index (χ0v) is 12.9. The molecule has 0 spiro atoms. The predicted molar refractivity (Wildman–Crippen MR) is 77.6 cm³/mol. The summed E-state index contributed by atoms with van der Waals surface area (Å²) in [5.41, 5.74) is 0.409. The number of rotatable bonds is 4. The Kier molecular flexibility index (Phi) is 5.21. The Hall–Kier alpha value is -2.28. The topological polar surface area (TPSA) is 74.3 Å². The van der Waals surface area contributed by atoms with Gasteiger partial charge in [0.15, 0.2) is 11.5 Å². The van der Waals surface area contributed by atoms with Crippen molar-refractivity contribution in [2.24, 2.45) is 0 Å². The molecule has 7 nitrogen and oxygen atoms in total. The number of benzene rings is 1. The van der Waals surface area contributed by atoms with Gasteiger partial charge in [0, 0.05) is 25.6 Å². The number of amides is 1. The fraction of sp³-hybridized carbons (Fsp3) is 0.467. The molecule has 1 aromatic rings. The summed E-state index contributed by atoms with van der Waals surface area (Å²) in [4.78, 5) is 25.4. The summed E-state index contributed by atoms with van der Waals surface area (Å²) in [6.45, 7) is 3.40. The van der Waals surface area contributed by atoms with E-state index >= 15 is 0 Å². The molecule has 7 heteroatoms. The van der Waals surface area contributed by atoms with E-state index < -0.39 is 5.97 Å². The number of hydrogen-bond acceptors (Lipinski definition) is 6. The van der Waals surface area contributed by atoms with Gasteiger partial charge in [0.05, 0.1) is 27.4 Å². The van der Waals surface area contributed by atoms with Gasteiger partial charge < -0.3 is 23.8 Å². The Bertz CT molecular complexity index is 540. The molecule has 22 heavy (non-hydrogen) atoms. The normalized spacial score (nSPS) is 14.4. The van der Waals surface area contributed by atoms with Crippen molar-refractivity contribution in [1.82, 2.24) is 4.90 Å². The van der Waals surface area contributed by atoms with Crippen molar-refractivity contribution in [3.8, 4) is 17.2 Å². The second-order valence-corrected chi connectivity index (χ2v) is 4.71. The summed E-state index contributed by atoms with van der Waals surface area (Å²) < 4.78 is 20.8. The third kappa shape index (κ3) is 3.48. The number of methoxy groups -OCH3 is 2. The smallest absolute Gasteiger partial charge is 0.308 e. The van der Waals surface area contributed by atoms with Crippen LogP contribution in [0.15, 0.2) is 12.1 Å². The summed E-state index contributed by atoms with van der Waals surface area (Å²) >= 11 is 0. The second kappa shape index (κ2) is 7.13. The maximum absolute atomic E-state index is 12.5. The van der Waals surface area contributed by atoms with Gasteiger partial charge in [-0.05, 0) is 12.1 Å². The Morgan fingerprint density at radius 2 is 1.64 bits per heavy atom. The van der Waals surface area contributed by atoms with Gasteiger partial charge in [0.2, 0.25) is 5.75 Å². The average molecular weight is 309 g/mol. The van der Waals surface area contributed by atoms with Crippen LogP contribution in [0.25, 0.3) is 0 Å². The molecule has 0 aromatic heterocycles. The number of nitrogens with zero attached hydrogens (tertiary/aromatic N) is 1. The highest BCUT2D eigenvalue weighted by atomic mass is 16.6. The summed E-state index contributed by atoms with van der Waals surface area (Å²) in [5.74, 6) is 0.0616. The van der Waals surface area contributed by atoms with Crippen molar-refractivity contribution >= 4 is 11.9 Å². The van der Waals surface area contributed by atoms with E-state index in [1.165, 1.54) is 21.1 Å². The summed E-state index contributed by atoms with van der Waals surface area (Å²) in [7, 11) is 2.87. The van der Waals surface area contributed by atoms with Crippen molar-refractivity contribution < 1.29 is 28.5 Å². The van der Waals surface area contributed by atoms with Crippen molar-refractivity contribution in [3.63, 3.8) is 0 Å². The summed E-state index contributed by atoms with van der Waals surface area (Å²) in [6, 6.07) is 3.08. The van der Waals surface area contributed by atoms with Crippen LogP contribution in [0, 0.1) is 0 Å². The van der Waals surface area contributed by atoms with E-state index in [1.54, 1.807) is 17.0 Å². The van der Waals surface area contributed by atoms with Gasteiger partial charge in [-0.15, -0.1) is 0 Å². The maximum Gasteiger partial charge on any atom is 0.308 e. The molecule has 1 amide bonds. The van der Waals surface area contributed by atoms with Crippen LogP contribution in [0.2, 0.25) is 0 Å². The minimum Gasteiger partial charge on any atom is -0.493 e. The first-order chi connectivity index (χ1) is 10.6. The van der Waals surface area contributed by atoms with Crippen LogP contribution < -0.4 is 14.2 Å². The van der Waals surface area contributed by atoms with E-state index in [-0.39, 0.29) is 23.2 Å². The monoisotopic (exact) mass is 309 g/mol. The van der Waals surface area contributed by atoms with E-state index in [4.69, 9.17) is 18.9 Å². The zero-order valence-electron chi connectivity index (χ0n) is 12.9. The Balaban J connectivity index is 2.36. The van der Waals surface area contributed by atoms with Crippen LogP contribution in [-0.2, 0) is 9.53 Å². The molecule has 0 bridgehead atoms. The molecule has 0 unspecified atom stereocenters. The number of carbonyl (C=O) groups is 2. The van der Waals surface area contributed by atoms with Gasteiger partial charge in [-0.25, -0.2) is 0 Å². The molecule has 1 saturated heterocycles. The molecule has 0 N–H and O–H groups in total. The number of hydrogen-bond donors (Lipinski definition) is 0. The van der Waals surface area contributed by atoms with Crippen LogP contribution in [0.5, 0.6) is 17.2 Å². The minimum atomic E-state index is -0.496. The number of ether oxygens (including phenoxy) is 4. The fourth-order valence-corrected chi connectivity index (χ4v) is 2.20. The van der Waals surface area contributed by atoms with Crippen LogP contribution in [-0.4, -0.2) is 57.3 Å². The van der Waals surface area contributed by atoms with Crippen LogP contribution in [0.4, 0.5) is 0 Å². The molecular formula is C15H19NO6. The molecule has 1 fully saturated rings. The zero-order chi connectivity index (χ0) is 16.1. The first kappa shape index (κ1) is 16.1. The summed E-state index contributed by atoms with van der Waals surface area (Å²) in [5, 5.41) is 0. The predicted octanol–water partition coefficient (Wildman–Crippen LogP) is 1.10. The lowest BCUT2D eigenvalue weighted by atomic mass is 10.1. The van der Waals surface area contributed by atoms with E-state index in [9.17, 15) is 9.59 Å². The molecule has 1 aliphatic heterocycles. The molecule has 0 radical (unpaired) electrons. The third-order valence-corrected chi connectivity index (χ3v) is 3.25. The molecule has 0 saturated carbocycles. The standard InChI is InChI=1S/C15H19NO6/c1-10(17)22-14-12(19-2)8-11(9-13(14)20-3)15(18)16-4-6-21-7-5-16/h8-9H,4-7H2,1-3H3. The highest BCUT2D eigenvalue weighted by Crippen LogP contribution is 2.39. The summed E-state index contributed by atoms with van der Waals surface area (Å²) in [6.07, 6.45) is 0. The van der Waals surface area contributed by atoms with Crippen molar-refractivity contribution in [2.75, 3.05) is 40.5 Å². The van der Waals surface area contributed by atoms with E-state index in [1.807, 2.05) is 0 Å². The molecule has 1 heterocycles. The van der Waals surface area contributed by atoms with Crippen molar-refractivity contribution in [1.29, 1.82) is 0 Å². The van der Waals surface area contributed by atoms with Gasteiger partial charge in [-0.2, -0.15) is 0 Å². The third-order valence-electron chi connectivity index (χ3n) is 3.25. The largest absolute Gasteiger partial charge is 0.493 e. The van der Waals surface area contributed by atoms with Gasteiger partial charge in [-0.3, -0.25) is 9.59 Å². The highest BCUT2D eigenvalue weighted by molar-refractivity contribution is 5.96. The Morgan fingerprint density at radius 1 is 1.09 bits per heavy atom. The number of morpholine rings is 1. The van der Waals surface area contributed by atoms with Gasteiger partial charge in [0.1, 0.15) is 0 Å². The lowest BCUT2D eigenvalue weighted by molar-refractivity contribution is -0.132. The number of esters is 1.